The van der Waals surface area contributed by atoms with Crippen LogP contribution in [-0.2, 0) is 0 Å². The highest BCUT2D eigenvalue weighted by molar-refractivity contribution is 5.62. The predicted octanol–water partition coefficient (Wildman–Crippen LogP) is 2.24. The van der Waals surface area contributed by atoms with Gasteiger partial charge in [0.15, 0.2) is 0 Å². The average Bonchev–Trinajstić information content (AvgIpc) is 2.29. The van der Waals surface area contributed by atoms with Gasteiger partial charge in [-0.3, -0.25) is 0 Å². The van der Waals surface area contributed by atoms with Crippen molar-refractivity contribution in [3.8, 4) is 5.75 Å². The molecule has 0 saturated carbocycles. The fourth-order valence-corrected chi connectivity index (χ4v) is 1.38. The lowest BCUT2D eigenvalue weighted by molar-refractivity contribution is 0.234. The van der Waals surface area contributed by atoms with Gasteiger partial charge in [0.25, 0.3) is 0 Å². The van der Waals surface area contributed by atoms with E-state index in [1.807, 2.05) is 32.9 Å². The summed E-state index contributed by atoms with van der Waals surface area (Å²) in [7, 11) is 0. The number of nitrogen functional groups attached to an aromatic ring is 1. The van der Waals surface area contributed by atoms with Crippen molar-refractivity contribution in [3.63, 3.8) is 0 Å². The maximum absolute atomic E-state index is 9.20. The zero-order valence-corrected chi connectivity index (χ0v) is 10.8. The highest BCUT2D eigenvalue weighted by Gasteiger charge is 2.16. The Bertz CT molecular complexity index is 364. The molecule has 1 rings (SSSR count). The maximum atomic E-state index is 9.20. The number of benzene rings is 1. The molecule has 0 aliphatic carbocycles. The first-order valence-corrected chi connectivity index (χ1v) is 5.90. The van der Waals surface area contributed by atoms with Crippen molar-refractivity contribution in [2.45, 2.75) is 32.7 Å². The molecule has 0 unspecified atom stereocenters. The molecule has 1 aromatic rings. The second-order valence-corrected chi connectivity index (χ2v) is 4.77. The largest absolute Gasteiger partial charge is 0.491 e. The first kappa shape index (κ1) is 13.6. The van der Waals surface area contributed by atoms with Crippen LogP contribution in [0.15, 0.2) is 18.2 Å². The number of nitrogens with one attached hydrogen (secondary N) is 1. The van der Waals surface area contributed by atoms with Crippen LogP contribution < -0.4 is 15.8 Å². The summed E-state index contributed by atoms with van der Waals surface area (Å²) in [6.45, 7) is 6.61. The van der Waals surface area contributed by atoms with E-state index in [0.717, 1.165) is 12.1 Å². The van der Waals surface area contributed by atoms with Crippen molar-refractivity contribution in [3.05, 3.63) is 18.2 Å². The topological polar surface area (TPSA) is 67.5 Å². The number of nitrogens with two attached hydrogens (primary N) is 1. The van der Waals surface area contributed by atoms with Gasteiger partial charge in [-0.2, -0.15) is 0 Å². The minimum atomic E-state index is -0.363. The smallest absolute Gasteiger partial charge is 0.144 e. The summed E-state index contributed by atoms with van der Waals surface area (Å²) in [5.41, 5.74) is 6.98. The van der Waals surface area contributed by atoms with Crippen molar-refractivity contribution in [2.24, 2.45) is 0 Å². The lowest BCUT2D eigenvalue weighted by Crippen LogP contribution is -2.34. The second-order valence-electron chi connectivity index (χ2n) is 4.77. The van der Waals surface area contributed by atoms with Crippen molar-refractivity contribution < 1.29 is 9.84 Å². The predicted molar refractivity (Wildman–Crippen MR) is 71.4 cm³/mol. The molecule has 0 atom stereocenters. The zero-order chi connectivity index (χ0) is 12.9. The van der Waals surface area contributed by atoms with E-state index in [0.29, 0.717) is 18.0 Å². The van der Waals surface area contributed by atoms with Crippen LogP contribution in [0.4, 0.5) is 11.4 Å². The Morgan fingerprint density at radius 2 is 2.12 bits per heavy atom. The Morgan fingerprint density at radius 3 is 2.71 bits per heavy atom. The zero-order valence-electron chi connectivity index (χ0n) is 10.8. The normalized spacial score (nSPS) is 11.3. The van der Waals surface area contributed by atoms with E-state index >= 15 is 0 Å². The molecule has 1 aromatic carbocycles. The molecule has 96 valence electrons. The van der Waals surface area contributed by atoms with Gasteiger partial charge in [0, 0.05) is 11.8 Å². The monoisotopic (exact) mass is 238 g/mol. The third-order valence-corrected chi connectivity index (χ3v) is 2.35. The summed E-state index contributed by atoms with van der Waals surface area (Å²) in [4.78, 5) is 0. The Morgan fingerprint density at radius 1 is 1.41 bits per heavy atom. The standard InChI is InChI=1S/C13H22N2O2/c1-4-7-17-12-8-10(5-6-11(12)14)15-13(2,3)9-16/h5-6,8,15-16H,4,7,9,14H2,1-3H3. The third kappa shape index (κ3) is 4.15. The van der Waals surface area contributed by atoms with Gasteiger partial charge < -0.3 is 20.9 Å². The molecular formula is C13H22N2O2. The van der Waals surface area contributed by atoms with Crippen molar-refractivity contribution in [2.75, 3.05) is 24.3 Å². The molecule has 0 aliphatic heterocycles. The summed E-state index contributed by atoms with van der Waals surface area (Å²) in [6, 6.07) is 5.55. The molecule has 0 amide bonds. The van der Waals surface area contributed by atoms with E-state index in [1.54, 1.807) is 6.07 Å². The van der Waals surface area contributed by atoms with Crippen molar-refractivity contribution in [1.29, 1.82) is 0 Å². The van der Waals surface area contributed by atoms with Crippen molar-refractivity contribution in [1.82, 2.24) is 0 Å². The van der Waals surface area contributed by atoms with Gasteiger partial charge in [-0.1, -0.05) is 6.92 Å². The number of hydrogen-bond donors (Lipinski definition) is 3. The van der Waals surface area contributed by atoms with Crippen LogP contribution in [0.25, 0.3) is 0 Å². The highest BCUT2D eigenvalue weighted by Crippen LogP contribution is 2.27. The van der Waals surface area contributed by atoms with Gasteiger partial charge in [0.1, 0.15) is 5.75 Å². The van der Waals surface area contributed by atoms with Crippen LogP contribution in [-0.4, -0.2) is 23.9 Å². The third-order valence-electron chi connectivity index (χ3n) is 2.35. The molecular weight excluding hydrogens is 216 g/mol. The summed E-state index contributed by atoms with van der Waals surface area (Å²) in [5, 5.41) is 12.4. The van der Waals surface area contributed by atoms with E-state index in [9.17, 15) is 5.11 Å². The van der Waals surface area contributed by atoms with Gasteiger partial charge in [0.2, 0.25) is 0 Å². The summed E-state index contributed by atoms with van der Waals surface area (Å²) >= 11 is 0. The minimum Gasteiger partial charge on any atom is -0.491 e. The minimum absolute atomic E-state index is 0.0581. The molecule has 0 radical (unpaired) electrons. The molecule has 0 bridgehead atoms. The number of ether oxygens (including phenoxy) is 1. The SMILES string of the molecule is CCCOc1cc(NC(C)(C)CO)ccc1N. The Kier molecular flexibility index (Phi) is 4.63. The Balaban J connectivity index is 2.81. The van der Waals surface area contributed by atoms with Gasteiger partial charge in [-0.25, -0.2) is 0 Å². The van der Waals surface area contributed by atoms with Gasteiger partial charge in [0.05, 0.1) is 24.4 Å². The molecule has 17 heavy (non-hydrogen) atoms. The molecule has 4 heteroatoms. The van der Waals surface area contributed by atoms with E-state index in [2.05, 4.69) is 5.32 Å². The van der Waals surface area contributed by atoms with Crippen LogP contribution in [0.2, 0.25) is 0 Å². The molecule has 4 N–H and O–H groups in total. The van der Waals surface area contributed by atoms with Crippen LogP contribution in [0.3, 0.4) is 0 Å². The molecule has 4 nitrogen and oxygen atoms in total. The quantitative estimate of drug-likeness (QED) is 0.665. The molecule has 0 aromatic heterocycles. The molecule has 0 spiro atoms. The van der Waals surface area contributed by atoms with Gasteiger partial charge >= 0.3 is 0 Å². The number of anilines is 2. The molecule has 0 heterocycles. The molecule has 0 aliphatic rings. The van der Waals surface area contributed by atoms with E-state index in [-0.39, 0.29) is 12.1 Å². The number of aliphatic hydroxyl groups excluding tert-OH is 1. The van der Waals surface area contributed by atoms with E-state index in [1.165, 1.54) is 0 Å². The van der Waals surface area contributed by atoms with Crippen LogP contribution >= 0.6 is 0 Å². The van der Waals surface area contributed by atoms with E-state index in [4.69, 9.17) is 10.5 Å². The average molecular weight is 238 g/mol. The Hall–Kier alpha value is -1.42. The second kappa shape index (κ2) is 5.77. The highest BCUT2D eigenvalue weighted by atomic mass is 16.5. The lowest BCUT2D eigenvalue weighted by atomic mass is 10.1. The van der Waals surface area contributed by atoms with Gasteiger partial charge in [-0.05, 0) is 32.4 Å². The van der Waals surface area contributed by atoms with Crippen LogP contribution in [0.5, 0.6) is 5.75 Å². The number of rotatable bonds is 6. The number of hydrogen-bond acceptors (Lipinski definition) is 4. The Labute approximate surface area is 103 Å². The summed E-state index contributed by atoms with van der Waals surface area (Å²) in [6.07, 6.45) is 0.944. The summed E-state index contributed by atoms with van der Waals surface area (Å²) < 4.78 is 5.55. The summed E-state index contributed by atoms with van der Waals surface area (Å²) in [5.74, 6) is 0.686. The van der Waals surface area contributed by atoms with Crippen LogP contribution in [0.1, 0.15) is 27.2 Å². The fraction of sp³-hybridized carbons (Fsp3) is 0.538. The van der Waals surface area contributed by atoms with Crippen LogP contribution in [0, 0.1) is 0 Å². The number of aliphatic hydroxyl groups is 1. The van der Waals surface area contributed by atoms with Gasteiger partial charge in [-0.15, -0.1) is 0 Å². The lowest BCUT2D eigenvalue weighted by Gasteiger charge is -2.25. The molecule has 0 fully saturated rings. The maximum Gasteiger partial charge on any atom is 0.144 e. The first-order chi connectivity index (χ1) is 7.98. The fourth-order valence-electron chi connectivity index (χ4n) is 1.38. The van der Waals surface area contributed by atoms with E-state index < -0.39 is 0 Å². The van der Waals surface area contributed by atoms with Crippen molar-refractivity contribution >= 4 is 11.4 Å². The first-order valence-electron chi connectivity index (χ1n) is 5.90. The molecule has 0 saturated heterocycles.